The molecule has 12 heavy (non-hydrogen) atoms. The van der Waals surface area contributed by atoms with Crippen molar-refractivity contribution in [3.63, 3.8) is 0 Å². The van der Waals surface area contributed by atoms with Gasteiger partial charge in [-0.15, -0.1) is 0 Å². The summed E-state index contributed by atoms with van der Waals surface area (Å²) in [4.78, 5) is 0. The molecule has 0 aromatic carbocycles. The Hall–Kier alpha value is -0.610. The van der Waals surface area contributed by atoms with Crippen LogP contribution in [0.25, 0.3) is 0 Å². The number of ether oxygens (including phenoxy) is 1. The monoisotopic (exact) mass is 186 g/mol. The van der Waals surface area contributed by atoms with E-state index in [-0.39, 0.29) is 0 Å². The Morgan fingerprint density at radius 3 is 3.17 bits per heavy atom. The van der Waals surface area contributed by atoms with Gasteiger partial charge in [-0.2, -0.15) is 4.37 Å². The molecule has 0 fully saturated rings. The van der Waals surface area contributed by atoms with Gasteiger partial charge < -0.3 is 10.1 Å². The van der Waals surface area contributed by atoms with Gasteiger partial charge in [-0.3, -0.25) is 0 Å². The zero-order valence-corrected chi connectivity index (χ0v) is 8.06. The van der Waals surface area contributed by atoms with Crippen LogP contribution in [0.4, 0.5) is 0 Å². The van der Waals surface area contributed by atoms with Gasteiger partial charge in [0.05, 0.1) is 6.61 Å². The third kappa shape index (κ3) is 3.69. The quantitative estimate of drug-likeness (QED) is 0.684. The van der Waals surface area contributed by atoms with E-state index in [0.29, 0.717) is 0 Å². The smallest absolute Gasteiger partial charge is 0.193 e. The molecule has 0 amide bonds. The number of hydrogen-bond donors (Lipinski definition) is 1. The van der Waals surface area contributed by atoms with E-state index in [4.69, 9.17) is 4.74 Å². The fraction of sp³-hybridized carbons (Fsp3) is 0.625. The van der Waals surface area contributed by atoms with Crippen molar-refractivity contribution in [2.24, 2.45) is 0 Å². The van der Waals surface area contributed by atoms with Crippen LogP contribution in [0.15, 0.2) is 12.3 Å². The fourth-order valence-corrected chi connectivity index (χ4v) is 1.34. The number of aromatic nitrogens is 1. The lowest BCUT2D eigenvalue weighted by Gasteiger charge is -2.01. The maximum Gasteiger partial charge on any atom is 0.193 e. The first-order chi connectivity index (χ1) is 5.93. The summed E-state index contributed by atoms with van der Waals surface area (Å²) in [5, 5.41) is 4.01. The van der Waals surface area contributed by atoms with Crippen molar-refractivity contribution in [1.82, 2.24) is 9.69 Å². The maximum absolute atomic E-state index is 5.42. The third-order valence-corrected chi connectivity index (χ3v) is 2.14. The predicted molar refractivity (Wildman–Crippen MR) is 50.8 cm³/mol. The number of hydrogen-bond acceptors (Lipinski definition) is 4. The molecule has 0 spiro atoms. The standard InChI is InChI=1S/C8H14N2OS/c1-9-5-2-3-7-11-8-4-6-10-12-8/h4,6,9H,2-3,5,7H2,1H3. The van der Waals surface area contributed by atoms with E-state index in [2.05, 4.69) is 9.69 Å². The summed E-state index contributed by atoms with van der Waals surface area (Å²) in [6.45, 7) is 1.86. The fourth-order valence-electron chi connectivity index (χ4n) is 0.855. The molecule has 0 saturated carbocycles. The van der Waals surface area contributed by atoms with Crippen LogP contribution < -0.4 is 10.1 Å². The molecular formula is C8H14N2OS. The molecule has 1 N–H and O–H groups in total. The molecule has 1 aromatic heterocycles. The lowest BCUT2D eigenvalue weighted by Crippen LogP contribution is -2.08. The first kappa shape index (κ1) is 9.48. The minimum absolute atomic E-state index is 0.796. The SMILES string of the molecule is CNCCCCOc1ccns1. The minimum Gasteiger partial charge on any atom is -0.483 e. The number of nitrogens with zero attached hydrogens (tertiary/aromatic N) is 1. The van der Waals surface area contributed by atoms with Gasteiger partial charge in [0.15, 0.2) is 5.06 Å². The van der Waals surface area contributed by atoms with E-state index in [1.54, 1.807) is 6.20 Å². The topological polar surface area (TPSA) is 34.1 Å². The summed E-state index contributed by atoms with van der Waals surface area (Å²) in [7, 11) is 1.96. The van der Waals surface area contributed by atoms with Crippen LogP contribution in [-0.4, -0.2) is 24.6 Å². The summed E-state index contributed by atoms with van der Waals surface area (Å²) >= 11 is 1.40. The Balaban J connectivity index is 1.96. The molecule has 0 radical (unpaired) electrons. The van der Waals surface area contributed by atoms with Crippen LogP contribution in [0, 0.1) is 0 Å². The zero-order valence-electron chi connectivity index (χ0n) is 7.25. The molecular weight excluding hydrogens is 172 g/mol. The van der Waals surface area contributed by atoms with Crippen molar-refractivity contribution in [1.29, 1.82) is 0 Å². The number of nitrogens with one attached hydrogen (secondary N) is 1. The maximum atomic E-state index is 5.42. The van der Waals surface area contributed by atoms with Gasteiger partial charge in [0.25, 0.3) is 0 Å². The van der Waals surface area contributed by atoms with Crippen LogP contribution in [0.2, 0.25) is 0 Å². The first-order valence-corrected chi connectivity index (χ1v) is 4.89. The highest BCUT2D eigenvalue weighted by molar-refractivity contribution is 7.07. The van der Waals surface area contributed by atoms with E-state index in [9.17, 15) is 0 Å². The van der Waals surface area contributed by atoms with Crippen molar-refractivity contribution >= 4 is 11.5 Å². The lowest BCUT2D eigenvalue weighted by atomic mass is 10.3. The average molecular weight is 186 g/mol. The Bertz CT molecular complexity index is 189. The van der Waals surface area contributed by atoms with Gasteiger partial charge in [-0.1, -0.05) is 0 Å². The largest absolute Gasteiger partial charge is 0.483 e. The third-order valence-electron chi connectivity index (χ3n) is 1.48. The van der Waals surface area contributed by atoms with Crippen molar-refractivity contribution < 1.29 is 4.74 Å². The van der Waals surface area contributed by atoms with Crippen LogP contribution in [0.5, 0.6) is 5.06 Å². The molecule has 0 bridgehead atoms. The van der Waals surface area contributed by atoms with Crippen LogP contribution in [0.1, 0.15) is 12.8 Å². The van der Waals surface area contributed by atoms with Crippen molar-refractivity contribution in [2.75, 3.05) is 20.2 Å². The van der Waals surface area contributed by atoms with Gasteiger partial charge in [0, 0.05) is 23.8 Å². The summed E-state index contributed by atoms with van der Waals surface area (Å²) in [6, 6.07) is 1.89. The Kier molecular flexibility index (Phi) is 4.71. The van der Waals surface area contributed by atoms with Crippen molar-refractivity contribution in [3.05, 3.63) is 12.3 Å². The summed E-state index contributed by atoms with van der Waals surface area (Å²) < 4.78 is 9.36. The van der Waals surface area contributed by atoms with Crippen LogP contribution >= 0.6 is 11.5 Å². The van der Waals surface area contributed by atoms with E-state index >= 15 is 0 Å². The van der Waals surface area contributed by atoms with E-state index in [1.165, 1.54) is 11.5 Å². The summed E-state index contributed by atoms with van der Waals surface area (Å²) in [5.74, 6) is 0. The molecule has 0 unspecified atom stereocenters. The van der Waals surface area contributed by atoms with Gasteiger partial charge in [-0.05, 0) is 26.4 Å². The zero-order chi connectivity index (χ0) is 8.65. The molecule has 1 rings (SSSR count). The van der Waals surface area contributed by atoms with Gasteiger partial charge in [0.2, 0.25) is 0 Å². The highest BCUT2D eigenvalue weighted by atomic mass is 32.1. The second-order valence-corrected chi connectivity index (χ2v) is 3.29. The summed E-state index contributed by atoms with van der Waals surface area (Å²) in [6.07, 6.45) is 4.02. The van der Waals surface area contributed by atoms with Crippen LogP contribution in [-0.2, 0) is 0 Å². The van der Waals surface area contributed by atoms with E-state index < -0.39 is 0 Å². The van der Waals surface area contributed by atoms with Gasteiger partial charge >= 0.3 is 0 Å². The number of rotatable bonds is 6. The highest BCUT2D eigenvalue weighted by Gasteiger charge is 1.93. The molecule has 0 aliphatic heterocycles. The summed E-state index contributed by atoms with van der Waals surface area (Å²) in [5.41, 5.74) is 0. The molecule has 0 aliphatic carbocycles. The molecule has 3 nitrogen and oxygen atoms in total. The van der Waals surface area contributed by atoms with Crippen molar-refractivity contribution in [2.45, 2.75) is 12.8 Å². The highest BCUT2D eigenvalue weighted by Crippen LogP contribution is 2.14. The lowest BCUT2D eigenvalue weighted by molar-refractivity contribution is 0.315. The Morgan fingerprint density at radius 1 is 1.58 bits per heavy atom. The molecule has 4 heteroatoms. The molecule has 1 heterocycles. The predicted octanol–water partition coefficient (Wildman–Crippen LogP) is 1.52. The minimum atomic E-state index is 0.796. The first-order valence-electron chi connectivity index (χ1n) is 4.11. The Labute approximate surface area is 76.9 Å². The second-order valence-electron chi connectivity index (χ2n) is 2.49. The molecule has 68 valence electrons. The molecule has 0 saturated heterocycles. The normalized spacial score (nSPS) is 10.1. The molecule has 1 aromatic rings. The van der Waals surface area contributed by atoms with Gasteiger partial charge in [-0.25, -0.2) is 0 Å². The molecule has 0 atom stereocenters. The van der Waals surface area contributed by atoms with E-state index in [0.717, 1.165) is 31.1 Å². The molecule has 0 aliphatic rings. The van der Waals surface area contributed by atoms with Crippen molar-refractivity contribution in [3.8, 4) is 5.06 Å². The Morgan fingerprint density at radius 2 is 2.50 bits per heavy atom. The second kappa shape index (κ2) is 5.97. The average Bonchev–Trinajstić information content (AvgIpc) is 2.57. The van der Waals surface area contributed by atoms with Crippen LogP contribution in [0.3, 0.4) is 0 Å². The number of unbranched alkanes of at least 4 members (excludes halogenated alkanes) is 1. The van der Waals surface area contributed by atoms with Gasteiger partial charge in [0.1, 0.15) is 0 Å². The van der Waals surface area contributed by atoms with E-state index in [1.807, 2.05) is 13.1 Å².